The van der Waals surface area contributed by atoms with Gasteiger partial charge in [-0.05, 0) is 65.9 Å². The van der Waals surface area contributed by atoms with Crippen molar-refractivity contribution in [3.8, 4) is 11.1 Å². The quantitative estimate of drug-likeness (QED) is 0.600. The zero-order valence-corrected chi connectivity index (χ0v) is 16.7. The average molecular weight is 435 g/mol. The number of sulfone groups is 1. The maximum atomic E-state index is 13.4. The third-order valence-electron chi connectivity index (χ3n) is 4.62. The van der Waals surface area contributed by atoms with Crippen LogP contribution in [0.4, 0.5) is 13.2 Å². The molecule has 1 N–H and O–H groups in total. The Balaban J connectivity index is 1.93. The molecule has 30 heavy (non-hydrogen) atoms. The maximum Gasteiger partial charge on any atom is 0.416 e. The van der Waals surface area contributed by atoms with Crippen molar-refractivity contribution >= 4 is 9.84 Å². The van der Waals surface area contributed by atoms with Crippen LogP contribution < -0.4 is 0 Å². The van der Waals surface area contributed by atoms with Crippen LogP contribution >= 0.6 is 0 Å². The summed E-state index contributed by atoms with van der Waals surface area (Å²) in [6, 6.07) is 14.9. The second kappa shape index (κ2) is 8.97. The molecule has 0 aliphatic rings. The molecule has 0 spiro atoms. The molecular weight excluding hydrogens is 415 g/mol. The summed E-state index contributed by atoms with van der Waals surface area (Å²) in [6.07, 6.45) is -1.98. The molecule has 0 radical (unpaired) electrons. The minimum atomic E-state index is -4.50. The third-order valence-corrected chi connectivity index (χ3v) is 6.33. The first-order valence-electron chi connectivity index (χ1n) is 9.24. The van der Waals surface area contributed by atoms with Gasteiger partial charge in [-0.25, -0.2) is 8.42 Å². The Hall–Kier alpha value is -2.71. The molecule has 8 heteroatoms. The van der Waals surface area contributed by atoms with Crippen molar-refractivity contribution in [2.75, 3.05) is 12.4 Å². The first-order valence-corrected chi connectivity index (χ1v) is 10.9. The van der Waals surface area contributed by atoms with Crippen molar-refractivity contribution in [3.63, 3.8) is 0 Å². The number of hydrogen-bond donors (Lipinski definition) is 1. The summed E-state index contributed by atoms with van der Waals surface area (Å²) < 4.78 is 64.3. The summed E-state index contributed by atoms with van der Waals surface area (Å²) >= 11 is 0. The first-order chi connectivity index (χ1) is 14.2. The van der Waals surface area contributed by atoms with Crippen molar-refractivity contribution in [2.45, 2.75) is 23.9 Å². The number of pyridine rings is 1. The van der Waals surface area contributed by atoms with Gasteiger partial charge in [0.05, 0.1) is 22.8 Å². The molecule has 0 atom stereocenters. The number of aromatic nitrogens is 1. The lowest BCUT2D eigenvalue weighted by Gasteiger charge is -2.13. The van der Waals surface area contributed by atoms with Gasteiger partial charge in [-0.1, -0.05) is 24.3 Å². The molecule has 0 saturated carbocycles. The van der Waals surface area contributed by atoms with Gasteiger partial charge in [-0.3, -0.25) is 4.98 Å². The highest BCUT2D eigenvalue weighted by molar-refractivity contribution is 7.91. The van der Waals surface area contributed by atoms with Crippen molar-refractivity contribution in [2.24, 2.45) is 0 Å². The van der Waals surface area contributed by atoms with Gasteiger partial charge in [-0.15, -0.1) is 0 Å². The zero-order chi connectivity index (χ0) is 21.8. The van der Waals surface area contributed by atoms with Crippen LogP contribution in [0.15, 0.2) is 71.8 Å². The van der Waals surface area contributed by atoms with E-state index in [4.69, 9.17) is 5.11 Å². The second-order valence-electron chi connectivity index (χ2n) is 6.80. The van der Waals surface area contributed by atoms with Crippen LogP contribution in [0, 0.1) is 0 Å². The summed E-state index contributed by atoms with van der Waals surface area (Å²) in [5.41, 5.74) is 1.38. The number of benzene rings is 2. The Labute approximate surface area is 173 Å². The lowest BCUT2D eigenvalue weighted by molar-refractivity contribution is -0.137. The van der Waals surface area contributed by atoms with Crippen molar-refractivity contribution in [1.82, 2.24) is 4.98 Å². The SMILES string of the molecule is O=S(=O)(CCO)c1ccc(-c2cc(CCc3ccccn3)cc(C(F)(F)F)c2)cc1. The highest BCUT2D eigenvalue weighted by Gasteiger charge is 2.31. The lowest BCUT2D eigenvalue weighted by atomic mass is 9.97. The standard InChI is InChI=1S/C22H20F3NO3S/c23-22(24,25)19-14-16(4-7-20-3-1-2-10-26-20)13-18(15-19)17-5-8-21(9-6-17)30(28,29)12-11-27/h1-3,5-6,8-10,13-15,27H,4,7,11-12H2. The fraction of sp³-hybridized carbons (Fsp3) is 0.227. The van der Waals surface area contributed by atoms with Crippen LogP contribution in [0.1, 0.15) is 16.8 Å². The van der Waals surface area contributed by atoms with Gasteiger partial charge in [-0.2, -0.15) is 13.2 Å². The fourth-order valence-electron chi connectivity index (χ4n) is 3.08. The molecule has 4 nitrogen and oxygen atoms in total. The minimum Gasteiger partial charge on any atom is -0.395 e. The highest BCUT2D eigenvalue weighted by atomic mass is 32.2. The van der Waals surface area contributed by atoms with Gasteiger partial charge in [0.15, 0.2) is 9.84 Å². The molecule has 0 fully saturated rings. The average Bonchev–Trinajstić information content (AvgIpc) is 2.72. The lowest BCUT2D eigenvalue weighted by Crippen LogP contribution is -2.09. The molecule has 0 aliphatic heterocycles. The van der Waals surface area contributed by atoms with E-state index >= 15 is 0 Å². The predicted octanol–water partition coefficient (Wildman–Crippen LogP) is 4.32. The van der Waals surface area contributed by atoms with Crippen LogP contribution in [0.3, 0.4) is 0 Å². The minimum absolute atomic E-state index is 0.0163. The Kier molecular flexibility index (Phi) is 6.58. The van der Waals surface area contributed by atoms with Crippen molar-refractivity contribution < 1.29 is 26.7 Å². The molecule has 0 unspecified atom stereocenters. The van der Waals surface area contributed by atoms with Crippen LogP contribution in [0.5, 0.6) is 0 Å². The van der Waals surface area contributed by atoms with E-state index in [-0.39, 0.29) is 4.90 Å². The molecule has 0 aliphatic carbocycles. The Morgan fingerprint density at radius 2 is 1.63 bits per heavy atom. The molecule has 0 saturated heterocycles. The van der Waals surface area contributed by atoms with E-state index in [1.165, 1.54) is 24.3 Å². The number of halogens is 3. The molecular formula is C22H20F3NO3S. The van der Waals surface area contributed by atoms with Gasteiger partial charge in [0.25, 0.3) is 0 Å². The Morgan fingerprint density at radius 1 is 0.900 bits per heavy atom. The van der Waals surface area contributed by atoms with Crippen LogP contribution in [-0.2, 0) is 28.9 Å². The Morgan fingerprint density at radius 3 is 2.23 bits per heavy atom. The van der Waals surface area contributed by atoms with Crippen LogP contribution in [-0.4, -0.2) is 30.9 Å². The molecule has 2 aromatic carbocycles. The number of hydrogen-bond acceptors (Lipinski definition) is 4. The van der Waals surface area contributed by atoms with Crippen molar-refractivity contribution in [1.29, 1.82) is 0 Å². The monoisotopic (exact) mass is 435 g/mol. The molecule has 1 aromatic heterocycles. The van der Waals surface area contributed by atoms with E-state index in [2.05, 4.69) is 4.98 Å². The molecule has 3 aromatic rings. The van der Waals surface area contributed by atoms with Gasteiger partial charge < -0.3 is 5.11 Å². The van der Waals surface area contributed by atoms with Gasteiger partial charge in [0.1, 0.15) is 0 Å². The van der Waals surface area contributed by atoms with Gasteiger partial charge in [0.2, 0.25) is 0 Å². The number of aliphatic hydroxyl groups is 1. The highest BCUT2D eigenvalue weighted by Crippen LogP contribution is 2.34. The Bertz CT molecular complexity index is 1100. The number of rotatable bonds is 7. The fourth-order valence-corrected chi connectivity index (χ4v) is 4.10. The smallest absolute Gasteiger partial charge is 0.395 e. The van der Waals surface area contributed by atoms with Gasteiger partial charge >= 0.3 is 6.18 Å². The first kappa shape index (κ1) is 22.0. The maximum absolute atomic E-state index is 13.4. The summed E-state index contributed by atoms with van der Waals surface area (Å²) in [7, 11) is -3.63. The predicted molar refractivity (Wildman–Crippen MR) is 108 cm³/mol. The number of nitrogens with zero attached hydrogens (tertiary/aromatic N) is 1. The van der Waals surface area contributed by atoms with E-state index in [0.717, 1.165) is 17.8 Å². The summed E-state index contributed by atoms with van der Waals surface area (Å²) in [4.78, 5) is 4.21. The van der Waals surface area contributed by atoms with E-state index in [9.17, 15) is 21.6 Å². The van der Waals surface area contributed by atoms with Gasteiger partial charge in [0, 0.05) is 11.9 Å². The second-order valence-corrected chi connectivity index (χ2v) is 8.91. The van der Waals surface area contributed by atoms with E-state index in [1.54, 1.807) is 18.3 Å². The molecule has 0 bridgehead atoms. The summed E-state index contributed by atoms with van der Waals surface area (Å²) in [5, 5.41) is 8.88. The van der Waals surface area contributed by atoms with E-state index in [0.29, 0.717) is 29.5 Å². The van der Waals surface area contributed by atoms with E-state index in [1.807, 2.05) is 12.1 Å². The number of aryl methyl sites for hydroxylation is 2. The topological polar surface area (TPSA) is 67.3 Å². The normalized spacial score (nSPS) is 12.1. The number of alkyl halides is 3. The van der Waals surface area contributed by atoms with E-state index < -0.39 is 33.9 Å². The molecule has 3 rings (SSSR count). The largest absolute Gasteiger partial charge is 0.416 e. The number of aliphatic hydroxyl groups excluding tert-OH is 1. The van der Waals surface area contributed by atoms with Crippen LogP contribution in [0.25, 0.3) is 11.1 Å². The van der Waals surface area contributed by atoms with Crippen LogP contribution in [0.2, 0.25) is 0 Å². The molecule has 0 amide bonds. The summed E-state index contributed by atoms with van der Waals surface area (Å²) in [5.74, 6) is -0.409. The summed E-state index contributed by atoms with van der Waals surface area (Å²) in [6.45, 7) is -0.503. The molecule has 1 heterocycles. The molecule has 158 valence electrons. The van der Waals surface area contributed by atoms with Crippen molar-refractivity contribution in [3.05, 3.63) is 83.7 Å². The third kappa shape index (κ3) is 5.46. The zero-order valence-electron chi connectivity index (χ0n) is 15.9.